The van der Waals surface area contributed by atoms with Crippen molar-refractivity contribution in [2.75, 3.05) is 13.6 Å². The number of fused-ring (bicyclic) bond motifs is 1. The van der Waals surface area contributed by atoms with Crippen molar-refractivity contribution < 1.29 is 0 Å². The Morgan fingerprint density at radius 1 is 1.20 bits per heavy atom. The summed E-state index contributed by atoms with van der Waals surface area (Å²) in [4.78, 5) is 7.61. The molecular weight excluding hydrogens is 425 g/mol. The molecule has 0 atom stereocenters. The molecule has 0 saturated heterocycles. The van der Waals surface area contributed by atoms with Gasteiger partial charge in [0.1, 0.15) is 0 Å². The van der Waals surface area contributed by atoms with E-state index in [1.807, 2.05) is 7.05 Å². The first-order chi connectivity index (χ1) is 11.8. The van der Waals surface area contributed by atoms with Crippen molar-refractivity contribution in [3.05, 3.63) is 60.0 Å². The lowest BCUT2D eigenvalue weighted by molar-refractivity contribution is 0.743. The van der Waals surface area contributed by atoms with Gasteiger partial charge in [0.2, 0.25) is 0 Å². The van der Waals surface area contributed by atoms with Gasteiger partial charge in [-0.3, -0.25) is 4.99 Å². The summed E-state index contributed by atoms with van der Waals surface area (Å²) in [6.07, 6.45) is 8.39. The minimum absolute atomic E-state index is 0. The minimum Gasteiger partial charge on any atom is -0.361 e. The molecule has 0 aliphatic heterocycles. The number of aryl methyl sites for hydroxylation is 2. The Morgan fingerprint density at radius 3 is 2.80 bits per heavy atom. The van der Waals surface area contributed by atoms with E-state index in [4.69, 9.17) is 0 Å². The van der Waals surface area contributed by atoms with Crippen LogP contribution in [0.5, 0.6) is 0 Å². The normalized spacial score (nSPS) is 11.4. The molecule has 134 valence electrons. The largest absolute Gasteiger partial charge is 0.361 e. The number of guanidine groups is 1. The summed E-state index contributed by atoms with van der Waals surface area (Å²) in [5, 5.41) is 8.04. The molecule has 0 aliphatic rings. The predicted octanol–water partition coefficient (Wildman–Crippen LogP) is 3.42. The van der Waals surface area contributed by atoms with Gasteiger partial charge >= 0.3 is 0 Å². The van der Waals surface area contributed by atoms with Crippen molar-refractivity contribution in [3.8, 4) is 0 Å². The molecule has 1 aromatic carbocycles. The van der Waals surface area contributed by atoms with Crippen LogP contribution in [0.4, 0.5) is 0 Å². The van der Waals surface area contributed by atoms with Crippen molar-refractivity contribution in [2.45, 2.75) is 19.4 Å². The summed E-state index contributed by atoms with van der Waals surface area (Å²) in [6.45, 7) is 1.68. The van der Waals surface area contributed by atoms with Crippen LogP contribution in [0.3, 0.4) is 0 Å². The van der Waals surface area contributed by atoms with E-state index in [-0.39, 0.29) is 24.0 Å². The fraction of sp³-hybridized carbons (Fsp3) is 0.316. The predicted molar refractivity (Wildman–Crippen MR) is 116 cm³/mol. The molecule has 0 saturated carbocycles. The smallest absolute Gasteiger partial charge is 0.191 e. The number of aromatic amines is 1. The molecule has 0 aliphatic carbocycles. The van der Waals surface area contributed by atoms with Crippen LogP contribution < -0.4 is 10.6 Å². The SMILES string of the molecule is CN=C(NCCCc1c[nH]c2ccccc12)NCc1ccn(C)c1.I. The Hall–Kier alpha value is -1.96. The number of nitrogens with one attached hydrogen (secondary N) is 3. The third-order valence-electron chi connectivity index (χ3n) is 4.17. The molecule has 5 nitrogen and oxygen atoms in total. The molecule has 2 heterocycles. The Morgan fingerprint density at radius 2 is 2.04 bits per heavy atom. The lowest BCUT2D eigenvalue weighted by atomic mass is 10.1. The first-order valence-corrected chi connectivity index (χ1v) is 8.36. The van der Waals surface area contributed by atoms with Crippen molar-refractivity contribution in [2.24, 2.45) is 12.0 Å². The summed E-state index contributed by atoms with van der Waals surface area (Å²) >= 11 is 0. The van der Waals surface area contributed by atoms with Crippen LogP contribution in [-0.2, 0) is 20.0 Å². The van der Waals surface area contributed by atoms with E-state index >= 15 is 0 Å². The quantitative estimate of drug-likeness (QED) is 0.233. The average Bonchev–Trinajstić information content (AvgIpc) is 3.20. The second-order valence-electron chi connectivity index (χ2n) is 6.00. The molecule has 3 aromatic rings. The van der Waals surface area contributed by atoms with Crippen LogP contribution >= 0.6 is 24.0 Å². The first kappa shape index (κ1) is 19.4. The summed E-state index contributed by atoms with van der Waals surface area (Å²) in [5.41, 5.74) is 3.83. The van der Waals surface area contributed by atoms with E-state index < -0.39 is 0 Å². The number of rotatable bonds is 6. The lowest BCUT2D eigenvalue weighted by Crippen LogP contribution is -2.37. The van der Waals surface area contributed by atoms with Gasteiger partial charge < -0.3 is 20.2 Å². The summed E-state index contributed by atoms with van der Waals surface area (Å²) in [7, 11) is 3.83. The Labute approximate surface area is 165 Å². The van der Waals surface area contributed by atoms with Gasteiger partial charge in [-0.05, 0) is 36.1 Å². The number of benzene rings is 1. The van der Waals surface area contributed by atoms with Gasteiger partial charge in [0.25, 0.3) is 0 Å². The standard InChI is InChI=1S/C19H25N5.HI/c1-20-19(23-12-15-9-11-24(2)14-15)21-10-5-6-16-13-22-18-8-4-3-7-17(16)18;/h3-4,7-9,11,13-14,22H,5-6,10,12H2,1-2H3,(H2,20,21,23);1H. The van der Waals surface area contributed by atoms with E-state index in [1.54, 1.807) is 7.05 Å². The fourth-order valence-corrected chi connectivity index (χ4v) is 2.90. The molecule has 0 spiro atoms. The number of aliphatic imine (C=N–C) groups is 1. The second-order valence-corrected chi connectivity index (χ2v) is 6.00. The van der Waals surface area contributed by atoms with Crippen molar-refractivity contribution >= 4 is 40.8 Å². The third kappa shape index (κ3) is 5.26. The molecule has 3 rings (SSSR count). The number of hydrogen-bond donors (Lipinski definition) is 3. The summed E-state index contributed by atoms with van der Waals surface area (Å²) in [6, 6.07) is 10.6. The van der Waals surface area contributed by atoms with Gasteiger partial charge in [-0.25, -0.2) is 0 Å². The zero-order chi connectivity index (χ0) is 16.8. The van der Waals surface area contributed by atoms with E-state index in [0.29, 0.717) is 0 Å². The molecule has 25 heavy (non-hydrogen) atoms. The highest BCUT2D eigenvalue weighted by Crippen LogP contribution is 2.18. The van der Waals surface area contributed by atoms with Gasteiger partial charge in [-0.2, -0.15) is 0 Å². The maximum atomic E-state index is 4.28. The molecular formula is C19H26IN5. The number of H-pyrrole nitrogens is 1. The van der Waals surface area contributed by atoms with E-state index in [9.17, 15) is 0 Å². The van der Waals surface area contributed by atoms with Crippen LogP contribution in [0.25, 0.3) is 10.9 Å². The van der Waals surface area contributed by atoms with Crippen molar-refractivity contribution in [1.82, 2.24) is 20.2 Å². The summed E-state index contributed by atoms with van der Waals surface area (Å²) in [5.74, 6) is 0.845. The molecule has 0 bridgehead atoms. The second kappa shape index (κ2) is 9.50. The van der Waals surface area contributed by atoms with Crippen LogP contribution in [0.1, 0.15) is 17.5 Å². The Balaban J connectivity index is 0.00000225. The van der Waals surface area contributed by atoms with E-state index in [2.05, 4.69) is 74.1 Å². The summed E-state index contributed by atoms with van der Waals surface area (Å²) < 4.78 is 2.05. The molecule has 0 unspecified atom stereocenters. The highest BCUT2D eigenvalue weighted by atomic mass is 127. The number of halogens is 1. The molecule has 0 amide bonds. The highest BCUT2D eigenvalue weighted by Gasteiger charge is 2.03. The topological polar surface area (TPSA) is 57.1 Å². The molecule has 6 heteroatoms. The zero-order valence-corrected chi connectivity index (χ0v) is 17.1. The molecule has 0 fully saturated rings. The Bertz CT molecular complexity index is 818. The van der Waals surface area contributed by atoms with Gasteiger partial charge in [0.15, 0.2) is 5.96 Å². The van der Waals surface area contributed by atoms with E-state index in [1.165, 1.54) is 22.0 Å². The number of para-hydroxylation sites is 1. The van der Waals surface area contributed by atoms with Gasteiger partial charge in [-0.1, -0.05) is 18.2 Å². The maximum Gasteiger partial charge on any atom is 0.191 e. The first-order valence-electron chi connectivity index (χ1n) is 8.36. The van der Waals surface area contributed by atoms with Crippen LogP contribution in [0.15, 0.2) is 53.9 Å². The minimum atomic E-state index is 0. The van der Waals surface area contributed by atoms with Crippen molar-refractivity contribution in [1.29, 1.82) is 0 Å². The number of hydrogen-bond acceptors (Lipinski definition) is 1. The van der Waals surface area contributed by atoms with Crippen LogP contribution in [0, 0.1) is 0 Å². The van der Waals surface area contributed by atoms with Gasteiger partial charge in [-0.15, -0.1) is 24.0 Å². The lowest BCUT2D eigenvalue weighted by Gasteiger charge is -2.11. The Kier molecular flexibility index (Phi) is 7.36. The number of aromatic nitrogens is 2. The van der Waals surface area contributed by atoms with Crippen molar-refractivity contribution in [3.63, 3.8) is 0 Å². The molecule has 3 N–H and O–H groups in total. The average molecular weight is 451 g/mol. The third-order valence-corrected chi connectivity index (χ3v) is 4.17. The zero-order valence-electron chi connectivity index (χ0n) is 14.7. The maximum absolute atomic E-state index is 4.28. The van der Waals surface area contributed by atoms with E-state index in [0.717, 1.165) is 31.9 Å². The van der Waals surface area contributed by atoms with Gasteiger partial charge in [0, 0.05) is 56.7 Å². The monoisotopic (exact) mass is 451 g/mol. The molecule has 2 aromatic heterocycles. The highest BCUT2D eigenvalue weighted by molar-refractivity contribution is 14.0. The molecule has 0 radical (unpaired) electrons. The number of nitrogens with zero attached hydrogens (tertiary/aromatic N) is 2. The fourth-order valence-electron chi connectivity index (χ4n) is 2.90. The van der Waals surface area contributed by atoms with Crippen LogP contribution in [-0.4, -0.2) is 29.1 Å². The van der Waals surface area contributed by atoms with Crippen LogP contribution in [0.2, 0.25) is 0 Å². The van der Waals surface area contributed by atoms with Gasteiger partial charge in [0.05, 0.1) is 0 Å².